The Labute approximate surface area is 286 Å². The Morgan fingerprint density at radius 2 is 1.02 bits per heavy atom. The van der Waals surface area contributed by atoms with Gasteiger partial charge in [0, 0.05) is 53.1 Å². The minimum absolute atomic E-state index is 1.16. The molecule has 3 heterocycles. The highest BCUT2D eigenvalue weighted by atomic mass is 32.1. The molecule has 0 aliphatic carbocycles. The molecule has 0 atom stereocenters. The van der Waals surface area contributed by atoms with Gasteiger partial charge in [-0.25, -0.2) is 0 Å². The smallest absolute Gasteiger partial charge is 0.0562 e. The Balaban J connectivity index is 1.22. The van der Waals surface area contributed by atoms with Crippen molar-refractivity contribution in [2.45, 2.75) is 0 Å². The van der Waals surface area contributed by atoms with Crippen LogP contribution in [0.5, 0.6) is 0 Å². The molecule has 0 unspecified atom stereocenters. The lowest BCUT2D eigenvalue weighted by Crippen LogP contribution is -1.96. The summed E-state index contributed by atoms with van der Waals surface area (Å²) in [7, 11) is 0. The third kappa shape index (κ3) is 3.88. The third-order valence-electron chi connectivity index (χ3n) is 10.3. The van der Waals surface area contributed by atoms with Crippen LogP contribution in [0.4, 0.5) is 0 Å². The summed E-state index contributed by atoms with van der Waals surface area (Å²) in [6.45, 7) is 0. The number of benzene rings is 8. The fraction of sp³-hybridized carbons (Fsp3) is 0. The van der Waals surface area contributed by atoms with Crippen LogP contribution in [0.1, 0.15) is 0 Å². The summed E-state index contributed by atoms with van der Waals surface area (Å²) >= 11 is 1.87. The molecule has 0 radical (unpaired) electrons. The summed E-state index contributed by atoms with van der Waals surface area (Å²) in [5, 5.41) is 10.3. The molecule has 2 nitrogen and oxygen atoms in total. The molecule has 8 aromatic carbocycles. The van der Waals surface area contributed by atoms with Gasteiger partial charge in [0.1, 0.15) is 0 Å². The van der Waals surface area contributed by atoms with E-state index in [2.05, 4.69) is 179 Å². The molecule has 228 valence electrons. The van der Waals surface area contributed by atoms with E-state index in [0.29, 0.717) is 0 Å². The predicted octanol–water partition coefficient (Wildman–Crippen LogP) is 13.1. The maximum absolute atomic E-state index is 2.48. The van der Waals surface area contributed by atoms with Crippen LogP contribution in [0.25, 0.3) is 97.1 Å². The number of hydrogen-bond acceptors (Lipinski definition) is 1. The van der Waals surface area contributed by atoms with E-state index in [1.165, 1.54) is 91.4 Å². The number of hydrogen-bond donors (Lipinski definition) is 0. The van der Waals surface area contributed by atoms with Gasteiger partial charge in [0.25, 0.3) is 0 Å². The zero-order chi connectivity index (χ0) is 32.1. The number of thiophene rings is 1. The van der Waals surface area contributed by atoms with Crippen LogP contribution in [-0.4, -0.2) is 9.13 Å². The fourth-order valence-electron chi connectivity index (χ4n) is 8.11. The molecular formula is C46H28N2S. The first kappa shape index (κ1) is 26.9. The van der Waals surface area contributed by atoms with Crippen LogP contribution in [0.3, 0.4) is 0 Å². The first-order chi connectivity index (χ1) is 24.3. The number of rotatable bonds is 3. The van der Waals surface area contributed by atoms with Gasteiger partial charge in [-0.05, 0) is 82.6 Å². The van der Waals surface area contributed by atoms with Crippen LogP contribution in [0, 0.1) is 0 Å². The molecule has 0 spiro atoms. The van der Waals surface area contributed by atoms with E-state index in [0.717, 1.165) is 5.69 Å². The van der Waals surface area contributed by atoms with E-state index < -0.39 is 0 Å². The van der Waals surface area contributed by atoms with Gasteiger partial charge in [0.05, 0.1) is 22.1 Å². The molecule has 0 fully saturated rings. The van der Waals surface area contributed by atoms with E-state index in [1.54, 1.807) is 0 Å². The summed E-state index contributed by atoms with van der Waals surface area (Å²) in [5.41, 5.74) is 9.62. The molecule has 11 aromatic rings. The topological polar surface area (TPSA) is 9.86 Å². The zero-order valence-electron chi connectivity index (χ0n) is 26.5. The molecule has 0 saturated carbocycles. The van der Waals surface area contributed by atoms with Crippen LogP contribution in [0.15, 0.2) is 170 Å². The quantitative estimate of drug-likeness (QED) is 0.182. The molecule has 0 aliphatic rings. The zero-order valence-corrected chi connectivity index (χ0v) is 27.3. The molecule has 3 aromatic heterocycles. The minimum Gasteiger partial charge on any atom is -0.309 e. The molecule has 0 saturated heterocycles. The summed E-state index contributed by atoms with van der Waals surface area (Å²) in [5.74, 6) is 0. The molecule has 49 heavy (non-hydrogen) atoms. The summed E-state index contributed by atoms with van der Waals surface area (Å²) < 4.78 is 7.55. The van der Waals surface area contributed by atoms with Crippen LogP contribution in [0.2, 0.25) is 0 Å². The highest BCUT2D eigenvalue weighted by molar-refractivity contribution is 7.25. The number of aromatic nitrogens is 2. The standard InChI is InChI=1S/C46H28N2S/c1-2-13-32(14-3-1)47-40-19-8-6-17-35(40)38-27-39-43(28-42(38)47)48(41-24-22-29-11-4-5-16-34(29)46(39)41)33-15-10-12-30(25-33)31-21-23-37-36-18-7-9-20-44(36)49-45(37)26-31/h1-28H. The summed E-state index contributed by atoms with van der Waals surface area (Å²) in [4.78, 5) is 0. The van der Waals surface area contributed by atoms with E-state index in [9.17, 15) is 0 Å². The second-order valence-electron chi connectivity index (χ2n) is 13.0. The summed E-state index contributed by atoms with van der Waals surface area (Å²) in [6, 6.07) is 62.5. The van der Waals surface area contributed by atoms with Gasteiger partial charge >= 0.3 is 0 Å². The lowest BCUT2D eigenvalue weighted by molar-refractivity contribution is 1.17. The van der Waals surface area contributed by atoms with Gasteiger partial charge in [0.15, 0.2) is 0 Å². The Morgan fingerprint density at radius 3 is 1.94 bits per heavy atom. The van der Waals surface area contributed by atoms with Crippen molar-refractivity contribution in [2.24, 2.45) is 0 Å². The van der Waals surface area contributed by atoms with Gasteiger partial charge in [0.2, 0.25) is 0 Å². The van der Waals surface area contributed by atoms with Crippen molar-refractivity contribution in [3.05, 3.63) is 170 Å². The van der Waals surface area contributed by atoms with Crippen molar-refractivity contribution in [1.82, 2.24) is 9.13 Å². The van der Waals surface area contributed by atoms with Gasteiger partial charge in [-0.1, -0.05) is 109 Å². The molecule has 11 rings (SSSR count). The Morgan fingerprint density at radius 1 is 0.327 bits per heavy atom. The second kappa shape index (κ2) is 10.2. The van der Waals surface area contributed by atoms with Crippen molar-refractivity contribution in [3.8, 4) is 22.5 Å². The average molecular weight is 641 g/mol. The lowest BCUT2D eigenvalue weighted by atomic mass is 10.0. The van der Waals surface area contributed by atoms with Crippen molar-refractivity contribution in [3.63, 3.8) is 0 Å². The SMILES string of the molecule is c1ccc(-n2c3ccccc3c3cc4c5c6ccccc6ccc5n(-c5cccc(-c6ccc7c(c6)sc6ccccc67)c5)c4cc32)cc1. The van der Waals surface area contributed by atoms with Crippen molar-refractivity contribution < 1.29 is 0 Å². The van der Waals surface area contributed by atoms with Crippen LogP contribution in [-0.2, 0) is 0 Å². The highest BCUT2D eigenvalue weighted by Gasteiger charge is 2.20. The van der Waals surface area contributed by atoms with Gasteiger partial charge in [-0.3, -0.25) is 0 Å². The largest absolute Gasteiger partial charge is 0.309 e. The Bertz CT molecular complexity index is 3100. The molecule has 0 aliphatic heterocycles. The van der Waals surface area contributed by atoms with Crippen molar-refractivity contribution >= 4 is 85.9 Å². The van der Waals surface area contributed by atoms with Gasteiger partial charge in [-0.2, -0.15) is 0 Å². The van der Waals surface area contributed by atoms with E-state index in [4.69, 9.17) is 0 Å². The Hall–Kier alpha value is -6.16. The molecule has 0 amide bonds. The monoisotopic (exact) mass is 640 g/mol. The minimum atomic E-state index is 1.16. The molecule has 0 bridgehead atoms. The first-order valence-corrected chi connectivity index (χ1v) is 17.6. The fourth-order valence-corrected chi connectivity index (χ4v) is 9.26. The van der Waals surface area contributed by atoms with Crippen molar-refractivity contribution in [2.75, 3.05) is 0 Å². The first-order valence-electron chi connectivity index (χ1n) is 16.8. The van der Waals surface area contributed by atoms with E-state index in [-0.39, 0.29) is 0 Å². The predicted molar refractivity (Wildman–Crippen MR) is 211 cm³/mol. The maximum Gasteiger partial charge on any atom is 0.0562 e. The number of para-hydroxylation sites is 2. The number of nitrogens with zero attached hydrogens (tertiary/aromatic N) is 2. The lowest BCUT2D eigenvalue weighted by Gasteiger charge is -2.12. The average Bonchev–Trinajstić information content (AvgIpc) is 3.81. The molecular weight excluding hydrogens is 613 g/mol. The van der Waals surface area contributed by atoms with E-state index >= 15 is 0 Å². The van der Waals surface area contributed by atoms with Crippen molar-refractivity contribution in [1.29, 1.82) is 0 Å². The van der Waals surface area contributed by atoms with Crippen LogP contribution >= 0.6 is 11.3 Å². The molecule has 0 N–H and O–H groups in total. The second-order valence-corrected chi connectivity index (χ2v) is 14.0. The van der Waals surface area contributed by atoms with Crippen LogP contribution < -0.4 is 0 Å². The normalized spacial score (nSPS) is 12.1. The third-order valence-corrected chi connectivity index (χ3v) is 11.4. The Kier molecular flexibility index (Phi) is 5.57. The van der Waals surface area contributed by atoms with E-state index in [1.807, 2.05) is 11.3 Å². The van der Waals surface area contributed by atoms with Gasteiger partial charge < -0.3 is 9.13 Å². The molecule has 3 heteroatoms. The highest BCUT2D eigenvalue weighted by Crippen LogP contribution is 2.43. The number of fused-ring (bicyclic) bond motifs is 11. The van der Waals surface area contributed by atoms with Gasteiger partial charge in [-0.15, -0.1) is 11.3 Å². The maximum atomic E-state index is 2.48. The summed E-state index contributed by atoms with van der Waals surface area (Å²) in [6.07, 6.45) is 0.